The normalized spacial score (nSPS) is 10.2. The Hall–Kier alpha value is -0.563. The van der Waals surface area contributed by atoms with Crippen LogP contribution in [0.15, 0.2) is 12.1 Å². The average molecular weight is 161 g/mol. The second-order valence-corrected chi connectivity index (χ2v) is 3.41. The minimum absolute atomic E-state index is 1.12. The summed E-state index contributed by atoms with van der Waals surface area (Å²) in [7, 11) is 3.56. The van der Waals surface area contributed by atoms with E-state index < -0.39 is 0 Å². The first-order valence-corrected chi connectivity index (χ1v) is 4.47. The van der Waals surface area contributed by atoms with E-state index in [0.29, 0.717) is 0 Å². The van der Waals surface area contributed by atoms with Crippen molar-refractivity contribution in [2.45, 2.75) is 27.2 Å². The molecule has 0 saturated heterocycles. The lowest BCUT2D eigenvalue weighted by molar-refractivity contribution is 1.10. The first-order chi connectivity index (χ1) is 5.16. The Kier molecular flexibility index (Phi) is 2.50. The maximum Gasteiger partial charge on any atom is 0.0715 e. The van der Waals surface area contributed by atoms with Crippen molar-refractivity contribution in [3.8, 4) is 0 Å². The van der Waals surface area contributed by atoms with Gasteiger partial charge in [-0.25, -0.2) is 0 Å². The molecule has 0 heterocycles. The molecule has 11 heavy (non-hydrogen) atoms. The molecule has 0 saturated carbocycles. The number of rotatable bonds is 1. The largest absolute Gasteiger partial charge is 0.0715 e. The highest BCUT2D eigenvalue weighted by atomic mass is 28.1. The Balaban J connectivity index is 3.25. The van der Waals surface area contributed by atoms with Gasteiger partial charge < -0.3 is 0 Å². The molecule has 0 aliphatic rings. The Morgan fingerprint density at radius 1 is 1.18 bits per heavy atom. The third kappa shape index (κ3) is 1.54. The summed E-state index contributed by atoms with van der Waals surface area (Å²) in [6.07, 6.45) is 1.12. The van der Waals surface area contributed by atoms with Crippen LogP contribution in [-0.4, -0.2) is 10.2 Å². The maximum absolute atomic E-state index is 3.56. The first kappa shape index (κ1) is 8.53. The Bertz CT molecular complexity index is 264. The molecular formula is C10H13Si. The van der Waals surface area contributed by atoms with Crippen LogP contribution >= 0.6 is 0 Å². The van der Waals surface area contributed by atoms with E-state index in [9.17, 15) is 0 Å². The van der Waals surface area contributed by atoms with Gasteiger partial charge in [0.15, 0.2) is 0 Å². The molecule has 0 bridgehead atoms. The fourth-order valence-corrected chi connectivity index (χ4v) is 1.53. The van der Waals surface area contributed by atoms with Gasteiger partial charge in [0.05, 0.1) is 10.2 Å². The fourth-order valence-electron chi connectivity index (χ4n) is 1.26. The second-order valence-electron chi connectivity index (χ2n) is 2.88. The van der Waals surface area contributed by atoms with Gasteiger partial charge >= 0.3 is 0 Å². The van der Waals surface area contributed by atoms with E-state index in [1.54, 1.807) is 0 Å². The molecular weight excluding hydrogens is 148 g/mol. The summed E-state index contributed by atoms with van der Waals surface area (Å²) in [5.74, 6) is 0. The Morgan fingerprint density at radius 2 is 1.82 bits per heavy atom. The summed E-state index contributed by atoms with van der Waals surface area (Å²) in [6, 6.07) is 4.31. The smallest absolute Gasteiger partial charge is 0.0642 e. The van der Waals surface area contributed by atoms with Gasteiger partial charge in [0.2, 0.25) is 0 Å². The predicted octanol–water partition coefficient (Wildman–Crippen LogP) is 1.66. The van der Waals surface area contributed by atoms with Crippen molar-refractivity contribution in [1.29, 1.82) is 0 Å². The zero-order valence-corrected chi connectivity index (χ0v) is 8.36. The van der Waals surface area contributed by atoms with Gasteiger partial charge in [0, 0.05) is 0 Å². The Morgan fingerprint density at radius 3 is 2.36 bits per heavy atom. The summed E-state index contributed by atoms with van der Waals surface area (Å²) in [5.41, 5.74) is 4.23. The molecule has 0 N–H and O–H groups in total. The highest BCUT2D eigenvalue weighted by molar-refractivity contribution is 6.33. The van der Waals surface area contributed by atoms with Crippen molar-refractivity contribution in [2.24, 2.45) is 0 Å². The van der Waals surface area contributed by atoms with Gasteiger partial charge in [0.1, 0.15) is 0 Å². The van der Waals surface area contributed by atoms with Crippen LogP contribution in [0, 0.1) is 13.8 Å². The molecule has 0 aliphatic heterocycles. The van der Waals surface area contributed by atoms with Crippen molar-refractivity contribution in [3.63, 3.8) is 0 Å². The summed E-state index contributed by atoms with van der Waals surface area (Å²) < 4.78 is 0. The van der Waals surface area contributed by atoms with Crippen LogP contribution in [0.1, 0.15) is 23.6 Å². The monoisotopic (exact) mass is 161 g/mol. The van der Waals surface area contributed by atoms with E-state index in [-0.39, 0.29) is 0 Å². The van der Waals surface area contributed by atoms with E-state index in [1.807, 2.05) is 0 Å². The topological polar surface area (TPSA) is 0 Å². The lowest BCUT2D eigenvalue weighted by Gasteiger charge is -2.08. The number of hydrogen-bond acceptors (Lipinski definition) is 0. The van der Waals surface area contributed by atoms with Crippen molar-refractivity contribution < 1.29 is 0 Å². The van der Waals surface area contributed by atoms with Crippen LogP contribution in [-0.2, 0) is 6.42 Å². The molecule has 0 fully saturated rings. The van der Waals surface area contributed by atoms with Gasteiger partial charge in [-0.3, -0.25) is 0 Å². The minimum atomic E-state index is 1.12. The molecule has 0 nitrogen and oxygen atoms in total. The molecule has 0 aromatic heterocycles. The summed E-state index contributed by atoms with van der Waals surface area (Å²) in [5, 5.41) is 1.21. The molecule has 1 aromatic carbocycles. The van der Waals surface area contributed by atoms with Crippen LogP contribution < -0.4 is 5.19 Å². The van der Waals surface area contributed by atoms with E-state index >= 15 is 0 Å². The molecule has 0 aliphatic carbocycles. The van der Waals surface area contributed by atoms with Crippen LogP contribution in [0.25, 0.3) is 0 Å². The van der Waals surface area contributed by atoms with Gasteiger partial charge in [-0.05, 0) is 37.0 Å². The average Bonchev–Trinajstić information content (AvgIpc) is 2.01. The summed E-state index contributed by atoms with van der Waals surface area (Å²) >= 11 is 0. The standard InChI is InChI=1S/C10H13Si/c1-4-9-5-6-10(11)8(3)7(9)2/h5-6H,4H2,1-3H3. The molecule has 0 spiro atoms. The predicted molar refractivity (Wildman–Crippen MR) is 50.7 cm³/mol. The lowest BCUT2D eigenvalue weighted by atomic mass is 10.0. The van der Waals surface area contributed by atoms with E-state index in [4.69, 9.17) is 0 Å². The summed E-state index contributed by atoms with van der Waals surface area (Å²) in [6.45, 7) is 6.52. The van der Waals surface area contributed by atoms with Crippen LogP contribution in [0.5, 0.6) is 0 Å². The molecule has 0 amide bonds. The van der Waals surface area contributed by atoms with Crippen molar-refractivity contribution in [1.82, 2.24) is 0 Å². The molecule has 0 unspecified atom stereocenters. The van der Waals surface area contributed by atoms with Gasteiger partial charge in [-0.15, -0.1) is 0 Å². The van der Waals surface area contributed by atoms with Gasteiger partial charge in [0.25, 0.3) is 0 Å². The zero-order chi connectivity index (χ0) is 8.43. The fraction of sp³-hybridized carbons (Fsp3) is 0.400. The quantitative estimate of drug-likeness (QED) is 0.550. The molecule has 1 rings (SSSR count). The van der Waals surface area contributed by atoms with Crippen molar-refractivity contribution >= 4 is 15.4 Å². The minimum Gasteiger partial charge on any atom is -0.0642 e. The van der Waals surface area contributed by atoms with Crippen molar-refractivity contribution in [2.75, 3.05) is 0 Å². The summed E-state index contributed by atoms with van der Waals surface area (Å²) in [4.78, 5) is 0. The molecule has 0 atom stereocenters. The Labute approximate surface area is 72.1 Å². The van der Waals surface area contributed by atoms with E-state index in [0.717, 1.165) is 6.42 Å². The third-order valence-electron chi connectivity index (χ3n) is 2.28. The lowest BCUT2D eigenvalue weighted by Crippen LogP contribution is -2.09. The molecule has 1 heteroatoms. The van der Waals surface area contributed by atoms with Crippen LogP contribution in [0.4, 0.5) is 0 Å². The molecule has 57 valence electrons. The molecule has 3 radical (unpaired) electrons. The zero-order valence-electron chi connectivity index (χ0n) is 7.36. The van der Waals surface area contributed by atoms with Gasteiger partial charge in [-0.1, -0.05) is 24.2 Å². The van der Waals surface area contributed by atoms with E-state index in [1.165, 1.54) is 21.9 Å². The first-order valence-electron chi connectivity index (χ1n) is 3.97. The number of hydrogen-bond donors (Lipinski definition) is 0. The van der Waals surface area contributed by atoms with Crippen LogP contribution in [0.2, 0.25) is 0 Å². The van der Waals surface area contributed by atoms with Crippen LogP contribution in [0.3, 0.4) is 0 Å². The highest BCUT2D eigenvalue weighted by Gasteiger charge is 2.00. The third-order valence-corrected chi connectivity index (χ3v) is 2.82. The number of aryl methyl sites for hydroxylation is 1. The van der Waals surface area contributed by atoms with E-state index in [2.05, 4.69) is 43.1 Å². The number of benzene rings is 1. The second kappa shape index (κ2) is 3.22. The SMILES string of the molecule is CCc1ccc([Si])c(C)c1C. The maximum atomic E-state index is 3.56. The van der Waals surface area contributed by atoms with Gasteiger partial charge in [-0.2, -0.15) is 0 Å². The van der Waals surface area contributed by atoms with Crippen molar-refractivity contribution in [3.05, 3.63) is 28.8 Å². The molecule has 1 aromatic rings. The highest BCUT2D eigenvalue weighted by Crippen LogP contribution is 2.10.